The summed E-state index contributed by atoms with van der Waals surface area (Å²) < 4.78 is 6.06. The molecule has 3 nitrogen and oxygen atoms in total. The van der Waals surface area contributed by atoms with Gasteiger partial charge in [-0.25, -0.2) is 9.97 Å². The summed E-state index contributed by atoms with van der Waals surface area (Å²) in [5.74, 6) is 0.633. The summed E-state index contributed by atoms with van der Waals surface area (Å²) in [5.41, 5.74) is 2.37. The number of hydrogen-bond acceptors (Lipinski definition) is 4. The lowest BCUT2D eigenvalue weighted by atomic mass is 10.2. The molecule has 0 radical (unpaired) electrons. The van der Waals surface area contributed by atoms with Crippen LogP contribution in [0.15, 0.2) is 30.3 Å². The molecule has 1 aliphatic heterocycles. The Balaban J connectivity index is 2.12. The lowest BCUT2D eigenvalue weighted by Crippen LogP contribution is -2.24. The summed E-state index contributed by atoms with van der Waals surface area (Å²) in [7, 11) is 0. The smallest absolute Gasteiger partial charge is 0.242 e. The number of thioether (sulfide) groups is 1. The van der Waals surface area contributed by atoms with E-state index >= 15 is 0 Å². The van der Waals surface area contributed by atoms with Crippen molar-refractivity contribution in [2.75, 3.05) is 0 Å². The van der Waals surface area contributed by atoms with Gasteiger partial charge in [-0.05, 0) is 39.3 Å². The van der Waals surface area contributed by atoms with Crippen LogP contribution < -0.4 is 4.74 Å². The first-order chi connectivity index (χ1) is 9.92. The van der Waals surface area contributed by atoms with E-state index in [2.05, 4.69) is 13.0 Å². The summed E-state index contributed by atoms with van der Waals surface area (Å²) in [5, 5.41) is 0.593. The molecule has 1 aliphatic rings. The maximum atomic E-state index is 6.06. The minimum atomic E-state index is -0.290. The zero-order chi connectivity index (χ0) is 15.0. The predicted molar refractivity (Wildman–Crippen MR) is 89.6 cm³/mol. The van der Waals surface area contributed by atoms with Crippen LogP contribution in [0.5, 0.6) is 5.88 Å². The molecule has 0 bridgehead atoms. The summed E-state index contributed by atoms with van der Waals surface area (Å²) in [4.78, 5) is 10.7. The van der Waals surface area contributed by atoms with Crippen LogP contribution in [0, 0.1) is 0 Å². The first-order valence-electron chi connectivity index (χ1n) is 7.25. The van der Waals surface area contributed by atoms with Crippen molar-refractivity contribution in [3.8, 4) is 5.88 Å². The largest absolute Gasteiger partial charge is 0.470 e. The molecule has 21 heavy (non-hydrogen) atoms. The Morgan fingerprint density at radius 2 is 1.81 bits per heavy atom. The van der Waals surface area contributed by atoms with Gasteiger partial charge in [0.2, 0.25) is 5.88 Å². The Bertz CT molecular complexity index is 703. The highest BCUT2D eigenvalue weighted by Gasteiger charge is 2.24. The van der Waals surface area contributed by atoms with Gasteiger partial charge in [-0.15, -0.1) is 11.8 Å². The van der Waals surface area contributed by atoms with E-state index in [0.717, 1.165) is 23.1 Å². The Morgan fingerprint density at radius 1 is 1.14 bits per heavy atom. The van der Waals surface area contributed by atoms with Crippen molar-refractivity contribution in [2.45, 2.75) is 45.0 Å². The van der Waals surface area contributed by atoms with Crippen molar-refractivity contribution in [1.29, 1.82) is 0 Å². The Morgan fingerprint density at radius 3 is 2.38 bits per heavy atom. The molecule has 0 saturated heterocycles. The molecule has 110 valence electrons. The van der Waals surface area contributed by atoms with Crippen molar-refractivity contribution in [3.63, 3.8) is 0 Å². The van der Waals surface area contributed by atoms with Crippen LogP contribution >= 0.6 is 11.8 Å². The molecule has 1 atom stereocenters. The molecule has 4 heteroatoms. The highest BCUT2D eigenvalue weighted by atomic mass is 32.2. The second-order valence-corrected chi connectivity index (χ2v) is 7.79. The van der Waals surface area contributed by atoms with Gasteiger partial charge in [-0.1, -0.05) is 25.1 Å². The molecule has 2 heterocycles. The standard InChI is InChI=1S/C17H20N2OS/c1-11-9-10-14(21-11)15-16(20-17(2,3)4)19-13-8-6-5-7-12(13)18-15/h5-8,10-11H,9H2,1-4H3. The van der Waals surface area contributed by atoms with Crippen LogP contribution in [0.1, 0.15) is 39.8 Å². The fourth-order valence-electron chi connectivity index (χ4n) is 2.24. The van der Waals surface area contributed by atoms with Gasteiger partial charge in [0.25, 0.3) is 0 Å². The van der Waals surface area contributed by atoms with Gasteiger partial charge in [0.05, 0.1) is 11.0 Å². The quantitative estimate of drug-likeness (QED) is 0.807. The maximum Gasteiger partial charge on any atom is 0.242 e. The first kappa shape index (κ1) is 14.4. The first-order valence-corrected chi connectivity index (χ1v) is 8.13. The number of nitrogens with zero attached hydrogens (tertiary/aromatic N) is 2. The number of allylic oxidation sites excluding steroid dienone is 1. The molecule has 1 unspecified atom stereocenters. The number of ether oxygens (including phenoxy) is 1. The molecular weight excluding hydrogens is 280 g/mol. The molecule has 2 aromatic rings. The van der Waals surface area contributed by atoms with Gasteiger partial charge < -0.3 is 4.74 Å². The summed E-state index contributed by atoms with van der Waals surface area (Å²) in [6, 6.07) is 7.93. The number of aromatic nitrogens is 2. The Hall–Kier alpha value is -1.55. The van der Waals surface area contributed by atoms with Crippen LogP contribution in [0.4, 0.5) is 0 Å². The van der Waals surface area contributed by atoms with Crippen molar-refractivity contribution in [1.82, 2.24) is 9.97 Å². The number of benzene rings is 1. The van der Waals surface area contributed by atoms with Gasteiger partial charge in [-0.2, -0.15) is 0 Å². The van der Waals surface area contributed by atoms with E-state index in [0.29, 0.717) is 11.1 Å². The monoisotopic (exact) mass is 300 g/mol. The third-order valence-electron chi connectivity index (χ3n) is 3.14. The molecule has 0 N–H and O–H groups in total. The van der Waals surface area contributed by atoms with Crippen LogP contribution in [-0.2, 0) is 0 Å². The van der Waals surface area contributed by atoms with Crippen LogP contribution in [0.3, 0.4) is 0 Å². The van der Waals surface area contributed by atoms with Crippen molar-refractivity contribution in [3.05, 3.63) is 36.0 Å². The van der Waals surface area contributed by atoms with Crippen LogP contribution in [0.25, 0.3) is 15.9 Å². The normalized spacial score (nSPS) is 18.9. The molecule has 0 saturated carbocycles. The number of fused-ring (bicyclic) bond motifs is 1. The second-order valence-electron chi connectivity index (χ2n) is 6.31. The average Bonchev–Trinajstić information content (AvgIpc) is 2.82. The van der Waals surface area contributed by atoms with Gasteiger partial charge in [0.15, 0.2) is 0 Å². The summed E-state index contributed by atoms with van der Waals surface area (Å²) in [6.07, 6.45) is 3.31. The van der Waals surface area contributed by atoms with E-state index in [-0.39, 0.29) is 5.60 Å². The Kier molecular flexibility index (Phi) is 3.66. The molecule has 0 fully saturated rings. The van der Waals surface area contributed by atoms with Crippen LogP contribution in [0.2, 0.25) is 0 Å². The third kappa shape index (κ3) is 3.21. The van der Waals surface area contributed by atoms with E-state index in [4.69, 9.17) is 14.7 Å². The molecule has 3 rings (SSSR count). The molecule has 1 aromatic carbocycles. The van der Waals surface area contributed by atoms with Gasteiger partial charge >= 0.3 is 0 Å². The lowest BCUT2D eigenvalue weighted by molar-refractivity contribution is 0.123. The summed E-state index contributed by atoms with van der Waals surface area (Å²) >= 11 is 1.85. The topological polar surface area (TPSA) is 35.0 Å². The predicted octanol–water partition coefficient (Wildman–Crippen LogP) is 4.67. The van der Waals surface area contributed by atoms with E-state index in [1.807, 2.05) is 56.8 Å². The average molecular weight is 300 g/mol. The number of para-hydroxylation sites is 2. The highest BCUT2D eigenvalue weighted by Crippen LogP contribution is 2.42. The molecule has 0 aliphatic carbocycles. The lowest BCUT2D eigenvalue weighted by Gasteiger charge is -2.22. The number of rotatable bonds is 2. The minimum Gasteiger partial charge on any atom is -0.470 e. The zero-order valence-corrected chi connectivity index (χ0v) is 13.7. The van der Waals surface area contributed by atoms with E-state index in [9.17, 15) is 0 Å². The molecular formula is C17H20N2OS. The third-order valence-corrected chi connectivity index (χ3v) is 4.35. The van der Waals surface area contributed by atoms with Crippen molar-refractivity contribution >= 4 is 27.7 Å². The molecule has 0 amide bonds. The minimum absolute atomic E-state index is 0.290. The van der Waals surface area contributed by atoms with E-state index in [1.165, 1.54) is 4.91 Å². The van der Waals surface area contributed by atoms with E-state index in [1.54, 1.807) is 0 Å². The van der Waals surface area contributed by atoms with Gasteiger partial charge in [0.1, 0.15) is 11.3 Å². The highest BCUT2D eigenvalue weighted by molar-refractivity contribution is 8.09. The molecule has 0 spiro atoms. The number of hydrogen-bond donors (Lipinski definition) is 0. The van der Waals surface area contributed by atoms with Gasteiger partial charge in [-0.3, -0.25) is 0 Å². The van der Waals surface area contributed by atoms with Crippen molar-refractivity contribution < 1.29 is 4.74 Å². The molecule has 1 aromatic heterocycles. The van der Waals surface area contributed by atoms with E-state index < -0.39 is 0 Å². The second kappa shape index (κ2) is 5.34. The maximum absolute atomic E-state index is 6.06. The zero-order valence-electron chi connectivity index (χ0n) is 12.9. The van der Waals surface area contributed by atoms with Crippen LogP contribution in [-0.4, -0.2) is 20.8 Å². The Labute approximate surface area is 129 Å². The summed E-state index contributed by atoms with van der Waals surface area (Å²) in [6.45, 7) is 8.33. The fourth-order valence-corrected chi connectivity index (χ4v) is 3.31. The van der Waals surface area contributed by atoms with Crippen molar-refractivity contribution in [2.24, 2.45) is 0 Å². The SMILES string of the molecule is CC1CC=C(c2nc3ccccc3nc2OC(C)(C)C)S1. The fraction of sp³-hybridized carbons (Fsp3) is 0.412. The van der Waals surface area contributed by atoms with Gasteiger partial charge in [0, 0.05) is 10.2 Å².